The number of rotatable bonds is 4. The molecule has 0 atom stereocenters. The van der Waals surface area contributed by atoms with Gasteiger partial charge in [0.2, 0.25) is 16.0 Å². The van der Waals surface area contributed by atoms with Gasteiger partial charge in [-0.05, 0) is 37.1 Å². The van der Waals surface area contributed by atoms with E-state index in [2.05, 4.69) is 14.9 Å². The van der Waals surface area contributed by atoms with Gasteiger partial charge >= 0.3 is 0 Å². The Bertz CT molecular complexity index is 958. The molecule has 2 saturated heterocycles. The van der Waals surface area contributed by atoms with Crippen LogP contribution in [0.25, 0.3) is 0 Å². The number of anilines is 2. The van der Waals surface area contributed by atoms with Crippen molar-refractivity contribution in [3.8, 4) is 0 Å². The lowest BCUT2D eigenvalue weighted by molar-refractivity contribution is 0.383. The average Bonchev–Trinajstić information content (AvgIpc) is 3.25. The van der Waals surface area contributed by atoms with E-state index >= 15 is 0 Å². The maximum Gasteiger partial charge on any atom is 0.243 e. The summed E-state index contributed by atoms with van der Waals surface area (Å²) >= 11 is 0. The molecular formula is C18H21F2N5O2S. The summed E-state index contributed by atoms with van der Waals surface area (Å²) in [7, 11) is -3.87. The van der Waals surface area contributed by atoms with Gasteiger partial charge in [0.25, 0.3) is 0 Å². The van der Waals surface area contributed by atoms with Gasteiger partial charge in [-0.3, -0.25) is 0 Å². The molecule has 2 aliphatic rings. The predicted molar refractivity (Wildman–Crippen MR) is 101 cm³/mol. The monoisotopic (exact) mass is 409 g/mol. The van der Waals surface area contributed by atoms with Gasteiger partial charge in [0.05, 0.1) is 4.90 Å². The second-order valence-corrected chi connectivity index (χ2v) is 8.81. The Kier molecular flexibility index (Phi) is 5.15. The maximum atomic E-state index is 13.4. The SMILES string of the molecule is O=S(=O)(c1ccc(F)c(F)c1)N1CCN(c2ccnc(N3CCCC3)n2)CC1. The molecule has 10 heteroatoms. The Labute approximate surface area is 162 Å². The summed E-state index contributed by atoms with van der Waals surface area (Å²) in [6.07, 6.45) is 3.99. The van der Waals surface area contributed by atoms with Crippen molar-refractivity contribution in [1.82, 2.24) is 14.3 Å². The summed E-state index contributed by atoms with van der Waals surface area (Å²) in [6, 6.07) is 4.47. The van der Waals surface area contributed by atoms with Gasteiger partial charge in [-0.15, -0.1) is 0 Å². The number of hydrogen-bond donors (Lipinski definition) is 0. The number of piperazine rings is 1. The molecule has 3 heterocycles. The molecule has 0 N–H and O–H groups in total. The fourth-order valence-electron chi connectivity index (χ4n) is 3.53. The van der Waals surface area contributed by atoms with E-state index in [0.717, 1.165) is 49.9 Å². The summed E-state index contributed by atoms with van der Waals surface area (Å²) in [5.41, 5.74) is 0. The molecule has 0 unspecified atom stereocenters. The second-order valence-electron chi connectivity index (χ2n) is 6.88. The molecular weight excluding hydrogens is 388 g/mol. The van der Waals surface area contributed by atoms with E-state index in [0.29, 0.717) is 19.0 Å². The van der Waals surface area contributed by atoms with Crippen LogP contribution in [0.1, 0.15) is 12.8 Å². The van der Waals surface area contributed by atoms with Crippen LogP contribution in [0.2, 0.25) is 0 Å². The van der Waals surface area contributed by atoms with Crippen molar-refractivity contribution in [2.75, 3.05) is 49.1 Å². The van der Waals surface area contributed by atoms with E-state index < -0.39 is 21.7 Å². The van der Waals surface area contributed by atoms with Crippen molar-refractivity contribution in [3.63, 3.8) is 0 Å². The van der Waals surface area contributed by atoms with Crippen LogP contribution >= 0.6 is 0 Å². The molecule has 0 radical (unpaired) electrons. The first-order valence-electron chi connectivity index (χ1n) is 9.23. The highest BCUT2D eigenvalue weighted by Crippen LogP contribution is 2.23. The fourth-order valence-corrected chi connectivity index (χ4v) is 4.96. The summed E-state index contributed by atoms with van der Waals surface area (Å²) in [5.74, 6) is -0.773. The second kappa shape index (κ2) is 7.59. The van der Waals surface area contributed by atoms with Crippen LogP contribution in [0.3, 0.4) is 0 Å². The molecule has 0 bridgehead atoms. The van der Waals surface area contributed by atoms with Gasteiger partial charge in [0, 0.05) is 45.5 Å². The highest BCUT2D eigenvalue weighted by Gasteiger charge is 2.30. The molecule has 1 aromatic carbocycles. The first kappa shape index (κ1) is 19.0. The summed E-state index contributed by atoms with van der Waals surface area (Å²) in [5, 5.41) is 0. The molecule has 28 heavy (non-hydrogen) atoms. The zero-order valence-corrected chi connectivity index (χ0v) is 16.1. The number of sulfonamides is 1. The molecule has 0 amide bonds. The van der Waals surface area contributed by atoms with Crippen LogP contribution in [-0.2, 0) is 10.0 Å². The van der Waals surface area contributed by atoms with Crippen molar-refractivity contribution in [2.24, 2.45) is 0 Å². The van der Waals surface area contributed by atoms with Crippen molar-refractivity contribution in [3.05, 3.63) is 42.1 Å². The number of hydrogen-bond acceptors (Lipinski definition) is 6. The van der Waals surface area contributed by atoms with Gasteiger partial charge in [-0.2, -0.15) is 9.29 Å². The van der Waals surface area contributed by atoms with Crippen LogP contribution in [0.5, 0.6) is 0 Å². The van der Waals surface area contributed by atoms with E-state index in [1.54, 1.807) is 6.20 Å². The lowest BCUT2D eigenvalue weighted by Crippen LogP contribution is -2.49. The summed E-state index contributed by atoms with van der Waals surface area (Å²) < 4.78 is 53.3. The molecule has 1 aromatic heterocycles. The molecule has 2 fully saturated rings. The Morgan fingerprint density at radius 2 is 1.57 bits per heavy atom. The Hall–Kier alpha value is -2.33. The minimum Gasteiger partial charge on any atom is -0.354 e. The third kappa shape index (κ3) is 3.66. The quantitative estimate of drug-likeness (QED) is 0.768. The third-order valence-electron chi connectivity index (χ3n) is 5.11. The molecule has 7 nitrogen and oxygen atoms in total. The molecule has 0 saturated carbocycles. The first-order chi connectivity index (χ1) is 13.4. The average molecular weight is 409 g/mol. The molecule has 2 aromatic rings. The zero-order chi connectivity index (χ0) is 19.7. The lowest BCUT2D eigenvalue weighted by atomic mass is 10.3. The van der Waals surface area contributed by atoms with Gasteiger partial charge in [-0.25, -0.2) is 22.2 Å². The number of nitrogens with zero attached hydrogens (tertiary/aromatic N) is 5. The lowest BCUT2D eigenvalue weighted by Gasteiger charge is -2.34. The highest BCUT2D eigenvalue weighted by atomic mass is 32.2. The topological polar surface area (TPSA) is 69.6 Å². The highest BCUT2D eigenvalue weighted by molar-refractivity contribution is 7.89. The van der Waals surface area contributed by atoms with Crippen LogP contribution in [0, 0.1) is 11.6 Å². The van der Waals surface area contributed by atoms with Crippen molar-refractivity contribution in [2.45, 2.75) is 17.7 Å². The molecule has 0 aliphatic carbocycles. The zero-order valence-electron chi connectivity index (χ0n) is 15.3. The van der Waals surface area contributed by atoms with Crippen LogP contribution < -0.4 is 9.80 Å². The van der Waals surface area contributed by atoms with Crippen LogP contribution in [0.4, 0.5) is 20.5 Å². The van der Waals surface area contributed by atoms with E-state index in [-0.39, 0.29) is 18.0 Å². The van der Waals surface area contributed by atoms with Crippen molar-refractivity contribution < 1.29 is 17.2 Å². The normalized spacial score (nSPS) is 18.6. The Balaban J connectivity index is 1.45. The fraction of sp³-hybridized carbons (Fsp3) is 0.444. The van der Waals surface area contributed by atoms with E-state index in [9.17, 15) is 17.2 Å². The predicted octanol–water partition coefficient (Wildman–Crippen LogP) is 1.87. The molecule has 150 valence electrons. The molecule has 4 rings (SSSR count). The van der Waals surface area contributed by atoms with Crippen LogP contribution in [-0.4, -0.2) is 62.0 Å². The standard InChI is InChI=1S/C18H21F2N5O2S/c19-15-4-3-14(13-16(15)20)28(26,27)25-11-9-23(10-12-25)17-5-6-21-18(22-17)24-7-1-2-8-24/h3-6,13H,1-2,7-12H2. The van der Waals surface area contributed by atoms with Crippen molar-refractivity contribution >= 4 is 21.8 Å². The maximum absolute atomic E-state index is 13.4. The summed E-state index contributed by atoms with van der Waals surface area (Å²) in [6.45, 7) is 3.29. The largest absolute Gasteiger partial charge is 0.354 e. The van der Waals surface area contributed by atoms with Gasteiger partial charge in [0.1, 0.15) is 5.82 Å². The number of halogens is 2. The summed E-state index contributed by atoms with van der Waals surface area (Å²) in [4.78, 5) is 12.9. The number of benzene rings is 1. The van der Waals surface area contributed by atoms with Gasteiger partial charge < -0.3 is 9.80 Å². The first-order valence-corrected chi connectivity index (χ1v) is 10.7. The van der Waals surface area contributed by atoms with Crippen LogP contribution in [0.15, 0.2) is 35.4 Å². The van der Waals surface area contributed by atoms with Crippen molar-refractivity contribution in [1.29, 1.82) is 0 Å². The van der Waals surface area contributed by atoms with E-state index in [1.807, 2.05) is 11.0 Å². The Morgan fingerprint density at radius 1 is 0.857 bits per heavy atom. The molecule has 0 spiro atoms. The van der Waals surface area contributed by atoms with Gasteiger partial charge in [-0.1, -0.05) is 0 Å². The number of aromatic nitrogens is 2. The minimum atomic E-state index is -3.87. The van der Waals surface area contributed by atoms with E-state index in [1.165, 1.54) is 4.31 Å². The molecule has 2 aliphatic heterocycles. The van der Waals surface area contributed by atoms with Gasteiger partial charge in [0.15, 0.2) is 11.6 Å². The minimum absolute atomic E-state index is 0.238. The third-order valence-corrected chi connectivity index (χ3v) is 7.00. The smallest absolute Gasteiger partial charge is 0.243 e. The Morgan fingerprint density at radius 3 is 2.25 bits per heavy atom. The van der Waals surface area contributed by atoms with E-state index in [4.69, 9.17) is 0 Å².